The Bertz CT molecular complexity index is 1060. The highest BCUT2D eigenvalue weighted by atomic mass is 32.2. The number of allylic oxidation sites excluding steroid dienone is 1. The largest absolute Gasteiger partial charge is 0.367 e. The summed E-state index contributed by atoms with van der Waals surface area (Å²) in [7, 11) is -3.30. The first-order chi connectivity index (χ1) is 13.6. The van der Waals surface area contributed by atoms with Crippen LogP contribution in [-0.4, -0.2) is 37.1 Å². The van der Waals surface area contributed by atoms with E-state index in [4.69, 9.17) is 5.73 Å². The van der Waals surface area contributed by atoms with Gasteiger partial charge in [-0.2, -0.15) is 5.10 Å². The van der Waals surface area contributed by atoms with Crippen LogP contribution in [-0.2, 0) is 28.7 Å². The number of rotatable bonds is 7. The van der Waals surface area contributed by atoms with Gasteiger partial charge in [0.25, 0.3) is 6.43 Å². The molecule has 0 bridgehead atoms. The van der Waals surface area contributed by atoms with Crippen molar-refractivity contribution in [2.45, 2.75) is 37.1 Å². The Balaban J connectivity index is 1.74. The summed E-state index contributed by atoms with van der Waals surface area (Å²) < 4.78 is 49.7. The molecule has 4 N–H and O–H groups in total. The Labute approximate surface area is 167 Å². The van der Waals surface area contributed by atoms with Crippen LogP contribution in [0.25, 0.3) is 0 Å². The number of nitrogens with zero attached hydrogens (tertiary/aromatic N) is 3. The van der Waals surface area contributed by atoms with Crippen molar-refractivity contribution in [2.75, 3.05) is 6.26 Å². The molecule has 1 aliphatic heterocycles. The van der Waals surface area contributed by atoms with Crippen LogP contribution in [0.15, 0.2) is 57.9 Å². The molecule has 1 atom stereocenters. The Morgan fingerprint density at radius 3 is 2.83 bits per heavy atom. The number of nitrogens with two attached hydrogens (primary N) is 1. The van der Waals surface area contributed by atoms with E-state index < -0.39 is 28.6 Å². The van der Waals surface area contributed by atoms with Gasteiger partial charge in [-0.05, 0) is 24.6 Å². The molecule has 0 spiro atoms. The fourth-order valence-electron chi connectivity index (χ4n) is 2.79. The van der Waals surface area contributed by atoms with Crippen LogP contribution in [0.1, 0.15) is 18.1 Å². The molecular weight excluding hydrogens is 402 g/mol. The summed E-state index contributed by atoms with van der Waals surface area (Å²) >= 11 is 0. The highest BCUT2D eigenvalue weighted by molar-refractivity contribution is 7.90. The second-order valence-electron chi connectivity index (χ2n) is 6.82. The molecule has 0 radical (unpaired) electrons. The van der Waals surface area contributed by atoms with E-state index in [0.717, 1.165) is 22.1 Å². The molecule has 2 heterocycles. The minimum Gasteiger partial charge on any atom is -0.367 e. The molecule has 1 unspecified atom stereocenters. The molecule has 1 aromatic heterocycles. The predicted molar refractivity (Wildman–Crippen MR) is 105 cm³/mol. The van der Waals surface area contributed by atoms with Crippen molar-refractivity contribution in [3.8, 4) is 0 Å². The van der Waals surface area contributed by atoms with E-state index >= 15 is 0 Å². The highest BCUT2D eigenvalue weighted by Gasteiger charge is 2.31. The third-order valence-corrected chi connectivity index (χ3v) is 5.48. The fraction of sp³-hybridized carbons (Fsp3) is 0.333. The lowest BCUT2D eigenvalue weighted by molar-refractivity contribution is 0.121. The number of benzene rings is 1. The molecular formula is C18H22F2N6O2S. The summed E-state index contributed by atoms with van der Waals surface area (Å²) in [6.07, 6.45) is 3.02. The number of hydrogen-bond acceptors (Lipinski definition) is 7. The lowest BCUT2D eigenvalue weighted by atomic mass is 10.1. The minimum atomic E-state index is -3.30. The normalized spacial score (nSPS) is 19.5. The summed E-state index contributed by atoms with van der Waals surface area (Å²) in [5, 5.41) is 10.1. The van der Waals surface area contributed by atoms with Gasteiger partial charge in [-0.1, -0.05) is 12.1 Å². The maximum absolute atomic E-state index is 12.6. The van der Waals surface area contributed by atoms with Crippen LogP contribution in [0.5, 0.6) is 0 Å². The lowest BCUT2D eigenvalue weighted by Gasteiger charge is -2.32. The first-order valence-corrected chi connectivity index (χ1v) is 10.6. The van der Waals surface area contributed by atoms with E-state index in [-0.39, 0.29) is 4.90 Å². The molecule has 8 nitrogen and oxygen atoms in total. The second kappa shape index (κ2) is 7.91. The number of aliphatic imine (C=N–C) groups is 1. The van der Waals surface area contributed by atoms with E-state index in [9.17, 15) is 17.2 Å². The van der Waals surface area contributed by atoms with Gasteiger partial charge < -0.3 is 10.6 Å². The van der Waals surface area contributed by atoms with E-state index in [0.29, 0.717) is 17.9 Å². The van der Waals surface area contributed by atoms with E-state index in [2.05, 4.69) is 20.7 Å². The van der Waals surface area contributed by atoms with Gasteiger partial charge in [0.15, 0.2) is 9.84 Å². The predicted octanol–water partition coefficient (Wildman–Crippen LogP) is 1.32. The third kappa shape index (κ3) is 4.98. The van der Waals surface area contributed by atoms with Crippen LogP contribution in [0.2, 0.25) is 0 Å². The van der Waals surface area contributed by atoms with Gasteiger partial charge in [0.1, 0.15) is 12.4 Å². The van der Waals surface area contributed by atoms with Crippen LogP contribution in [0.3, 0.4) is 0 Å². The molecule has 1 aromatic carbocycles. The number of alkyl halides is 2. The van der Waals surface area contributed by atoms with E-state index in [1.807, 2.05) is 6.92 Å². The summed E-state index contributed by atoms with van der Waals surface area (Å²) in [6.45, 7) is 1.64. The van der Waals surface area contributed by atoms with E-state index in [1.54, 1.807) is 24.4 Å². The topological polar surface area (TPSA) is 114 Å². The first-order valence-electron chi connectivity index (χ1n) is 8.74. The summed E-state index contributed by atoms with van der Waals surface area (Å²) in [5.74, 6) is -0.773. The van der Waals surface area contributed by atoms with Gasteiger partial charge >= 0.3 is 0 Å². The number of sulfone groups is 1. The zero-order chi connectivity index (χ0) is 21.2. The maximum atomic E-state index is 12.6. The zero-order valence-electron chi connectivity index (χ0n) is 15.9. The summed E-state index contributed by atoms with van der Waals surface area (Å²) in [6, 6.07) is 6.61. The number of aromatic nitrogens is 2. The molecule has 29 heavy (non-hydrogen) atoms. The fourth-order valence-corrected chi connectivity index (χ4v) is 3.48. The average Bonchev–Trinajstić information content (AvgIpc) is 3.11. The number of nitrogens with one attached hydrogen (secondary N) is 2. The van der Waals surface area contributed by atoms with Gasteiger partial charge in [-0.15, -0.1) is 0 Å². The van der Waals surface area contributed by atoms with Crippen molar-refractivity contribution in [1.29, 1.82) is 0 Å². The highest BCUT2D eigenvalue weighted by Crippen LogP contribution is 2.22. The third-order valence-electron chi connectivity index (χ3n) is 4.37. The zero-order valence-corrected chi connectivity index (χ0v) is 16.7. The lowest BCUT2D eigenvalue weighted by Crippen LogP contribution is -2.52. The molecule has 0 saturated carbocycles. The molecule has 1 aliphatic rings. The minimum absolute atomic E-state index is 0.236. The van der Waals surface area contributed by atoms with Gasteiger partial charge in [-0.25, -0.2) is 22.2 Å². The van der Waals surface area contributed by atoms with Crippen molar-refractivity contribution < 1.29 is 17.2 Å². The monoisotopic (exact) mass is 424 g/mol. The SMILES string of the molecule is CC1=C(NCc2cccc(S(C)(=O)=O)c2)NC(N)(c2cnn(CC(F)F)c2)N=C1. The molecule has 156 valence electrons. The Kier molecular flexibility index (Phi) is 5.71. The standard InChI is InChI=1S/C18H22F2N6O2S/c1-12-7-23-18(21,14-9-24-26(10-14)11-16(19)20)25-17(12)22-8-13-4-3-5-15(6-13)29(2,27)28/h3-7,9-10,16,22,25H,8,11,21H2,1-2H3. The molecule has 0 amide bonds. The maximum Gasteiger partial charge on any atom is 0.257 e. The van der Waals surface area contributed by atoms with Crippen LogP contribution in [0.4, 0.5) is 8.78 Å². The molecule has 0 aliphatic carbocycles. The van der Waals surface area contributed by atoms with Gasteiger partial charge in [0.05, 0.1) is 16.7 Å². The van der Waals surface area contributed by atoms with Crippen LogP contribution < -0.4 is 16.4 Å². The quantitative estimate of drug-likeness (QED) is 0.618. The van der Waals surface area contributed by atoms with Crippen molar-refractivity contribution in [3.63, 3.8) is 0 Å². The van der Waals surface area contributed by atoms with Gasteiger partial charge in [-0.3, -0.25) is 10.4 Å². The smallest absolute Gasteiger partial charge is 0.257 e. The van der Waals surface area contributed by atoms with Gasteiger partial charge in [0.2, 0.25) is 5.79 Å². The first kappa shape index (κ1) is 20.9. The molecule has 11 heteroatoms. The van der Waals surface area contributed by atoms with Crippen LogP contribution >= 0.6 is 0 Å². The molecule has 2 aromatic rings. The Morgan fingerprint density at radius 1 is 1.38 bits per heavy atom. The van der Waals surface area contributed by atoms with Crippen molar-refractivity contribution in [1.82, 2.24) is 20.4 Å². The molecule has 0 saturated heterocycles. The van der Waals surface area contributed by atoms with Crippen molar-refractivity contribution in [3.05, 3.63) is 59.2 Å². The average molecular weight is 424 g/mol. The second-order valence-corrected chi connectivity index (χ2v) is 8.84. The Morgan fingerprint density at radius 2 is 2.14 bits per heavy atom. The summed E-state index contributed by atoms with van der Waals surface area (Å²) in [5.41, 5.74) is 8.31. The van der Waals surface area contributed by atoms with E-state index in [1.165, 1.54) is 18.5 Å². The van der Waals surface area contributed by atoms with Gasteiger partial charge in [0, 0.05) is 30.8 Å². The molecule has 0 fully saturated rings. The molecule has 3 rings (SSSR count). The number of hydrogen-bond donors (Lipinski definition) is 3. The van der Waals surface area contributed by atoms with Crippen molar-refractivity contribution >= 4 is 16.1 Å². The summed E-state index contributed by atoms with van der Waals surface area (Å²) in [4.78, 5) is 4.52. The van der Waals surface area contributed by atoms with Crippen LogP contribution in [0, 0.1) is 0 Å². The Hall–Kier alpha value is -2.79. The van der Waals surface area contributed by atoms with Crippen molar-refractivity contribution in [2.24, 2.45) is 10.7 Å². The number of halogens is 2.